The summed E-state index contributed by atoms with van der Waals surface area (Å²) in [7, 11) is 0. The van der Waals surface area contributed by atoms with Crippen molar-refractivity contribution >= 4 is 17.5 Å². The van der Waals surface area contributed by atoms with Gasteiger partial charge in [-0.2, -0.15) is 0 Å². The lowest BCUT2D eigenvalue weighted by molar-refractivity contribution is 0.0951. The number of rotatable bonds is 4. The molecule has 0 aliphatic heterocycles. The van der Waals surface area contributed by atoms with E-state index >= 15 is 0 Å². The van der Waals surface area contributed by atoms with E-state index < -0.39 is 0 Å². The van der Waals surface area contributed by atoms with Crippen molar-refractivity contribution in [1.29, 1.82) is 0 Å². The van der Waals surface area contributed by atoms with Gasteiger partial charge in [-0.05, 0) is 18.9 Å². The van der Waals surface area contributed by atoms with Crippen molar-refractivity contribution in [2.45, 2.75) is 26.1 Å². The normalized spacial score (nSPS) is 12.9. The van der Waals surface area contributed by atoms with E-state index in [1.807, 2.05) is 13.8 Å². The zero-order chi connectivity index (χ0) is 11.4. The Morgan fingerprint density at radius 3 is 2.73 bits per heavy atom. The zero-order valence-electron chi connectivity index (χ0n) is 9.21. The Balaban J connectivity index is 2.47. The van der Waals surface area contributed by atoms with Gasteiger partial charge in [-0.25, -0.2) is 0 Å². The second-order valence-electron chi connectivity index (χ2n) is 3.86. The van der Waals surface area contributed by atoms with Crippen LogP contribution in [-0.4, -0.2) is 17.8 Å². The van der Waals surface area contributed by atoms with Gasteiger partial charge in [0.2, 0.25) is 0 Å². The summed E-state index contributed by atoms with van der Waals surface area (Å²) in [6.45, 7) is 6.28. The van der Waals surface area contributed by atoms with Crippen LogP contribution >= 0.6 is 11.6 Å². The third-order valence-corrected chi connectivity index (χ3v) is 2.94. The van der Waals surface area contributed by atoms with E-state index in [9.17, 15) is 4.79 Å². The summed E-state index contributed by atoms with van der Waals surface area (Å²) in [5.41, 5.74) is 0.572. The van der Waals surface area contributed by atoms with E-state index in [0.29, 0.717) is 23.8 Å². The van der Waals surface area contributed by atoms with Crippen molar-refractivity contribution < 1.29 is 9.21 Å². The van der Waals surface area contributed by atoms with Gasteiger partial charge in [-0.1, -0.05) is 13.8 Å². The Hall–Kier alpha value is -0.960. The molecule has 0 aromatic carbocycles. The number of hydrogen-bond acceptors (Lipinski definition) is 2. The standard InChI is InChI=1S/C11H16ClNO2/c1-7(2)10(12)6-13-11(14)9-4-5-15-8(9)3/h4-5,7,10H,6H2,1-3H3,(H,13,14). The van der Waals surface area contributed by atoms with Gasteiger partial charge in [0.1, 0.15) is 5.76 Å². The molecule has 1 rings (SSSR count). The molecular formula is C11H16ClNO2. The van der Waals surface area contributed by atoms with Gasteiger partial charge in [0.15, 0.2) is 0 Å². The van der Waals surface area contributed by atoms with Gasteiger partial charge in [0.05, 0.1) is 17.2 Å². The number of halogens is 1. The van der Waals surface area contributed by atoms with Crippen molar-refractivity contribution in [3.63, 3.8) is 0 Å². The van der Waals surface area contributed by atoms with Gasteiger partial charge in [-0.15, -0.1) is 11.6 Å². The van der Waals surface area contributed by atoms with Crippen LogP contribution in [-0.2, 0) is 0 Å². The summed E-state index contributed by atoms with van der Waals surface area (Å²) in [5, 5.41) is 2.74. The molecule has 1 aromatic heterocycles. The van der Waals surface area contributed by atoms with E-state index in [2.05, 4.69) is 5.32 Å². The summed E-state index contributed by atoms with van der Waals surface area (Å²) in [6.07, 6.45) is 1.50. The molecule has 4 heteroatoms. The topological polar surface area (TPSA) is 42.2 Å². The molecule has 1 amide bonds. The smallest absolute Gasteiger partial charge is 0.254 e. The lowest BCUT2D eigenvalue weighted by Gasteiger charge is -2.13. The quantitative estimate of drug-likeness (QED) is 0.807. The van der Waals surface area contributed by atoms with Gasteiger partial charge in [0, 0.05) is 6.54 Å². The van der Waals surface area contributed by atoms with Crippen LogP contribution in [0.3, 0.4) is 0 Å². The van der Waals surface area contributed by atoms with E-state index in [0.717, 1.165) is 0 Å². The molecule has 0 saturated heterocycles. The summed E-state index contributed by atoms with van der Waals surface area (Å²) in [4.78, 5) is 11.6. The summed E-state index contributed by atoms with van der Waals surface area (Å²) in [5.74, 6) is 0.841. The van der Waals surface area contributed by atoms with Gasteiger partial charge >= 0.3 is 0 Å². The zero-order valence-corrected chi connectivity index (χ0v) is 9.97. The highest BCUT2D eigenvalue weighted by Crippen LogP contribution is 2.10. The SMILES string of the molecule is Cc1occc1C(=O)NCC(Cl)C(C)C. The predicted molar refractivity (Wildman–Crippen MR) is 60.3 cm³/mol. The Bertz CT molecular complexity index is 333. The second-order valence-corrected chi connectivity index (χ2v) is 4.42. The molecule has 0 saturated carbocycles. The maximum absolute atomic E-state index is 11.6. The number of hydrogen-bond donors (Lipinski definition) is 1. The molecule has 0 aliphatic rings. The van der Waals surface area contributed by atoms with Crippen LogP contribution in [0.2, 0.25) is 0 Å². The lowest BCUT2D eigenvalue weighted by Crippen LogP contribution is -2.32. The molecule has 15 heavy (non-hydrogen) atoms. The highest BCUT2D eigenvalue weighted by molar-refractivity contribution is 6.21. The monoisotopic (exact) mass is 229 g/mol. The number of carbonyl (C=O) groups is 1. The van der Waals surface area contributed by atoms with E-state index in [1.54, 1.807) is 13.0 Å². The summed E-state index contributed by atoms with van der Waals surface area (Å²) < 4.78 is 5.05. The van der Waals surface area contributed by atoms with Crippen LogP contribution in [0.4, 0.5) is 0 Å². The molecule has 0 aliphatic carbocycles. The molecule has 1 N–H and O–H groups in total. The Kier molecular flexibility index (Phi) is 4.21. The van der Waals surface area contributed by atoms with Crippen molar-refractivity contribution in [3.05, 3.63) is 23.7 Å². The predicted octanol–water partition coefficient (Wildman–Crippen LogP) is 2.58. The van der Waals surface area contributed by atoms with E-state index in [1.165, 1.54) is 6.26 Å². The molecule has 0 fully saturated rings. The maximum atomic E-state index is 11.6. The van der Waals surface area contributed by atoms with Gasteiger partial charge in [0.25, 0.3) is 5.91 Å². The Morgan fingerprint density at radius 2 is 2.27 bits per heavy atom. The molecule has 0 spiro atoms. The van der Waals surface area contributed by atoms with Crippen molar-refractivity contribution in [2.24, 2.45) is 5.92 Å². The second kappa shape index (κ2) is 5.21. The molecule has 1 atom stereocenters. The van der Waals surface area contributed by atoms with Crippen molar-refractivity contribution in [3.8, 4) is 0 Å². The maximum Gasteiger partial charge on any atom is 0.254 e. The molecule has 1 aromatic rings. The van der Waals surface area contributed by atoms with Crippen LogP contribution in [0.25, 0.3) is 0 Å². The fourth-order valence-corrected chi connectivity index (χ4v) is 1.22. The van der Waals surface area contributed by atoms with Crippen LogP contribution in [0.15, 0.2) is 16.7 Å². The molecule has 84 valence electrons. The summed E-state index contributed by atoms with van der Waals surface area (Å²) in [6, 6.07) is 1.66. The van der Waals surface area contributed by atoms with Gasteiger partial charge in [-0.3, -0.25) is 4.79 Å². The first-order chi connectivity index (χ1) is 7.02. The molecule has 0 radical (unpaired) electrons. The average molecular weight is 230 g/mol. The van der Waals surface area contributed by atoms with E-state index in [-0.39, 0.29) is 11.3 Å². The lowest BCUT2D eigenvalue weighted by atomic mass is 10.1. The number of furan rings is 1. The van der Waals surface area contributed by atoms with Crippen LogP contribution in [0.1, 0.15) is 30.0 Å². The molecule has 3 nitrogen and oxygen atoms in total. The first kappa shape index (κ1) is 12.1. The Labute approximate surface area is 94.8 Å². The molecule has 0 bridgehead atoms. The number of carbonyl (C=O) groups excluding carboxylic acids is 1. The van der Waals surface area contributed by atoms with E-state index in [4.69, 9.17) is 16.0 Å². The van der Waals surface area contributed by atoms with Crippen LogP contribution in [0.5, 0.6) is 0 Å². The third kappa shape index (κ3) is 3.27. The van der Waals surface area contributed by atoms with Crippen molar-refractivity contribution in [2.75, 3.05) is 6.54 Å². The third-order valence-electron chi connectivity index (χ3n) is 2.28. The molecular weight excluding hydrogens is 214 g/mol. The fraction of sp³-hybridized carbons (Fsp3) is 0.545. The van der Waals surface area contributed by atoms with Crippen molar-refractivity contribution in [1.82, 2.24) is 5.32 Å². The highest BCUT2D eigenvalue weighted by atomic mass is 35.5. The fourth-order valence-electron chi connectivity index (χ4n) is 1.14. The number of alkyl halides is 1. The highest BCUT2D eigenvalue weighted by Gasteiger charge is 2.14. The number of amides is 1. The summed E-state index contributed by atoms with van der Waals surface area (Å²) >= 11 is 6.02. The minimum Gasteiger partial charge on any atom is -0.469 e. The van der Waals surface area contributed by atoms with Gasteiger partial charge < -0.3 is 9.73 Å². The number of nitrogens with one attached hydrogen (secondary N) is 1. The minimum atomic E-state index is -0.132. The minimum absolute atomic E-state index is 0.0406. The molecule has 1 unspecified atom stereocenters. The first-order valence-corrected chi connectivity index (χ1v) is 5.42. The van der Waals surface area contributed by atoms with Crippen LogP contribution in [0, 0.1) is 12.8 Å². The average Bonchev–Trinajstić information content (AvgIpc) is 2.60. The molecule has 1 heterocycles. The largest absolute Gasteiger partial charge is 0.469 e. The van der Waals surface area contributed by atoms with Crippen LogP contribution < -0.4 is 5.32 Å². The number of aryl methyl sites for hydroxylation is 1. The first-order valence-electron chi connectivity index (χ1n) is 4.98. The Morgan fingerprint density at radius 1 is 1.60 bits per heavy atom.